The summed E-state index contributed by atoms with van der Waals surface area (Å²) in [7, 11) is 0. The van der Waals surface area contributed by atoms with Crippen LogP contribution in [0, 0.1) is 18.6 Å². The second kappa shape index (κ2) is 10.5. The van der Waals surface area contributed by atoms with Gasteiger partial charge in [-0.05, 0) is 45.4 Å². The van der Waals surface area contributed by atoms with Crippen molar-refractivity contribution in [2.45, 2.75) is 46.1 Å². The van der Waals surface area contributed by atoms with Gasteiger partial charge in [-0.25, -0.2) is 27.5 Å². The van der Waals surface area contributed by atoms with Crippen LogP contribution in [-0.2, 0) is 16.8 Å². The van der Waals surface area contributed by atoms with Crippen molar-refractivity contribution in [1.82, 2.24) is 19.9 Å². The molecule has 0 radical (unpaired) electrons. The third-order valence-corrected chi connectivity index (χ3v) is 6.29. The van der Waals surface area contributed by atoms with Crippen molar-refractivity contribution >= 4 is 17.3 Å². The summed E-state index contributed by atoms with van der Waals surface area (Å²) in [6.07, 6.45) is 3.11. The molecule has 0 saturated carbocycles. The van der Waals surface area contributed by atoms with Gasteiger partial charge in [0.2, 0.25) is 0 Å². The number of hydrogen-bond donors (Lipinski definition) is 0. The minimum absolute atomic E-state index is 0.0258. The van der Waals surface area contributed by atoms with Crippen LogP contribution in [0.25, 0.3) is 11.4 Å². The summed E-state index contributed by atoms with van der Waals surface area (Å²) in [5.41, 5.74) is 1.77. The number of nitrogens with zero attached hydrogens (tertiary/aromatic N) is 5. The number of ether oxygens (including phenoxy) is 1. The highest BCUT2D eigenvalue weighted by atomic mass is 35.5. The maximum atomic E-state index is 13.9. The summed E-state index contributed by atoms with van der Waals surface area (Å²) in [5, 5.41) is 0.369. The molecule has 0 unspecified atom stereocenters. The quantitative estimate of drug-likeness (QED) is 0.325. The van der Waals surface area contributed by atoms with Crippen LogP contribution in [0.2, 0.25) is 0 Å². The van der Waals surface area contributed by atoms with E-state index in [9.17, 15) is 17.6 Å². The van der Waals surface area contributed by atoms with E-state index in [0.717, 1.165) is 29.2 Å². The van der Waals surface area contributed by atoms with Crippen LogP contribution in [0.15, 0.2) is 59.4 Å². The highest BCUT2D eigenvalue weighted by Gasteiger charge is 2.35. The van der Waals surface area contributed by atoms with E-state index in [2.05, 4.69) is 19.9 Å². The van der Waals surface area contributed by atoms with Crippen LogP contribution >= 0.6 is 11.6 Å². The molecule has 0 saturated heterocycles. The first kappa shape index (κ1) is 26.5. The molecule has 0 aliphatic carbocycles. The van der Waals surface area contributed by atoms with Crippen molar-refractivity contribution in [3.05, 3.63) is 88.1 Å². The van der Waals surface area contributed by atoms with Crippen LogP contribution < -0.4 is 4.90 Å². The standard InChI is InChI=1S/C26H24ClF4N5O/c1-14-10-33-20(19-5-6-32-25(35-19)26(3,4)24(30)31)9-22(14)36-12-17(27)23(7-15(36)2)37-13-21-18(29)8-16(28)11-34-21/h5-11,24H,12-13H2,1-4H3. The van der Waals surface area contributed by atoms with Crippen LogP contribution in [0.1, 0.15) is 37.9 Å². The molecule has 4 heterocycles. The van der Waals surface area contributed by atoms with Gasteiger partial charge in [-0.15, -0.1) is 0 Å². The number of anilines is 1. The van der Waals surface area contributed by atoms with Gasteiger partial charge in [0, 0.05) is 35.9 Å². The lowest BCUT2D eigenvalue weighted by Crippen LogP contribution is -2.29. The van der Waals surface area contributed by atoms with Gasteiger partial charge in [-0.3, -0.25) is 9.97 Å². The molecule has 0 spiro atoms. The van der Waals surface area contributed by atoms with Crippen LogP contribution in [0.3, 0.4) is 0 Å². The Morgan fingerprint density at radius 1 is 1.08 bits per heavy atom. The average Bonchev–Trinajstić information content (AvgIpc) is 2.85. The van der Waals surface area contributed by atoms with E-state index in [0.29, 0.717) is 22.2 Å². The third-order valence-electron chi connectivity index (χ3n) is 5.98. The second-order valence-electron chi connectivity index (χ2n) is 9.16. The highest BCUT2D eigenvalue weighted by molar-refractivity contribution is 6.30. The number of aryl methyl sites for hydroxylation is 1. The van der Waals surface area contributed by atoms with E-state index in [1.54, 1.807) is 18.3 Å². The molecule has 0 fully saturated rings. The molecule has 4 rings (SSSR count). The fraction of sp³-hybridized carbons (Fsp3) is 0.308. The lowest BCUT2D eigenvalue weighted by Gasteiger charge is -2.31. The summed E-state index contributed by atoms with van der Waals surface area (Å²) in [4.78, 5) is 18.5. The maximum absolute atomic E-state index is 13.9. The highest BCUT2D eigenvalue weighted by Crippen LogP contribution is 2.34. The van der Waals surface area contributed by atoms with Crippen molar-refractivity contribution in [3.8, 4) is 11.4 Å². The van der Waals surface area contributed by atoms with Gasteiger partial charge in [-0.1, -0.05) is 11.6 Å². The molecule has 3 aromatic rings. The van der Waals surface area contributed by atoms with Crippen molar-refractivity contribution in [2.24, 2.45) is 0 Å². The van der Waals surface area contributed by atoms with Gasteiger partial charge in [0.1, 0.15) is 29.7 Å². The number of alkyl halides is 2. The summed E-state index contributed by atoms with van der Waals surface area (Å²) in [6, 6.07) is 4.17. The fourth-order valence-electron chi connectivity index (χ4n) is 3.63. The number of aromatic nitrogens is 4. The molecule has 6 nitrogen and oxygen atoms in total. The van der Waals surface area contributed by atoms with Gasteiger partial charge in [0.15, 0.2) is 5.82 Å². The van der Waals surface area contributed by atoms with Crippen LogP contribution in [0.4, 0.5) is 23.2 Å². The SMILES string of the molecule is CC1=CC(OCc2ncc(F)cc2F)=C(Cl)CN1c1cc(-c2ccnc(C(C)(C)C(F)F)n2)ncc1C. The molecule has 0 bridgehead atoms. The Labute approximate surface area is 216 Å². The number of halogens is 5. The molecule has 1 aliphatic heterocycles. The van der Waals surface area contributed by atoms with Crippen molar-refractivity contribution in [3.63, 3.8) is 0 Å². The Morgan fingerprint density at radius 2 is 1.84 bits per heavy atom. The zero-order valence-electron chi connectivity index (χ0n) is 20.6. The van der Waals surface area contributed by atoms with E-state index < -0.39 is 23.5 Å². The molecule has 0 aromatic carbocycles. The molecule has 3 aromatic heterocycles. The molecule has 1 aliphatic rings. The minimum Gasteiger partial charge on any atom is -0.486 e. The van der Waals surface area contributed by atoms with E-state index in [4.69, 9.17) is 16.3 Å². The van der Waals surface area contributed by atoms with Crippen molar-refractivity contribution in [1.29, 1.82) is 0 Å². The van der Waals surface area contributed by atoms with Crippen LogP contribution in [0.5, 0.6) is 0 Å². The van der Waals surface area contributed by atoms with E-state index in [1.807, 2.05) is 24.8 Å². The van der Waals surface area contributed by atoms with Crippen LogP contribution in [-0.4, -0.2) is 32.9 Å². The average molecular weight is 534 g/mol. The molecular formula is C26H24ClF4N5O. The summed E-state index contributed by atoms with van der Waals surface area (Å²) < 4.78 is 59.7. The Morgan fingerprint density at radius 3 is 2.54 bits per heavy atom. The van der Waals surface area contributed by atoms with E-state index in [-0.39, 0.29) is 24.7 Å². The Bertz CT molecular complexity index is 1390. The predicted octanol–water partition coefficient (Wildman–Crippen LogP) is 6.45. The van der Waals surface area contributed by atoms with E-state index in [1.165, 1.54) is 20.0 Å². The van der Waals surface area contributed by atoms with Crippen molar-refractivity contribution in [2.75, 3.05) is 11.4 Å². The molecule has 37 heavy (non-hydrogen) atoms. The largest absolute Gasteiger partial charge is 0.486 e. The van der Waals surface area contributed by atoms with E-state index >= 15 is 0 Å². The topological polar surface area (TPSA) is 64.0 Å². The minimum atomic E-state index is -2.63. The Hall–Kier alpha value is -3.53. The van der Waals surface area contributed by atoms with Gasteiger partial charge < -0.3 is 9.64 Å². The summed E-state index contributed by atoms with van der Waals surface area (Å²) >= 11 is 6.52. The molecule has 11 heteroatoms. The molecule has 0 atom stereocenters. The normalized spacial score (nSPS) is 14.3. The maximum Gasteiger partial charge on any atom is 0.250 e. The lowest BCUT2D eigenvalue weighted by molar-refractivity contribution is 0.0647. The summed E-state index contributed by atoms with van der Waals surface area (Å²) in [6.45, 7) is 6.57. The zero-order chi connectivity index (χ0) is 26.9. The molecular weight excluding hydrogens is 510 g/mol. The number of hydrogen-bond acceptors (Lipinski definition) is 6. The first-order chi connectivity index (χ1) is 17.5. The smallest absolute Gasteiger partial charge is 0.250 e. The van der Waals surface area contributed by atoms with Gasteiger partial charge in [0.05, 0.1) is 34.6 Å². The number of rotatable bonds is 7. The molecule has 194 valence electrons. The van der Waals surface area contributed by atoms with Gasteiger partial charge in [-0.2, -0.15) is 0 Å². The first-order valence-electron chi connectivity index (χ1n) is 11.3. The first-order valence-corrected chi connectivity index (χ1v) is 11.7. The monoisotopic (exact) mass is 533 g/mol. The van der Waals surface area contributed by atoms with Gasteiger partial charge in [0.25, 0.3) is 6.43 Å². The second-order valence-corrected chi connectivity index (χ2v) is 9.61. The lowest BCUT2D eigenvalue weighted by atomic mass is 9.93. The zero-order valence-corrected chi connectivity index (χ0v) is 21.3. The Kier molecular flexibility index (Phi) is 7.49. The molecule has 0 amide bonds. The predicted molar refractivity (Wildman–Crippen MR) is 132 cm³/mol. The number of allylic oxidation sites excluding steroid dienone is 2. The third kappa shape index (κ3) is 5.58. The fourth-order valence-corrected chi connectivity index (χ4v) is 3.86. The van der Waals surface area contributed by atoms with Crippen molar-refractivity contribution < 1.29 is 22.3 Å². The summed E-state index contributed by atoms with van der Waals surface area (Å²) in [5.74, 6) is -1.20. The number of pyridine rings is 2. The van der Waals surface area contributed by atoms with Gasteiger partial charge >= 0.3 is 0 Å². The molecule has 0 N–H and O–H groups in total. The Balaban J connectivity index is 1.58.